The van der Waals surface area contributed by atoms with Gasteiger partial charge in [-0.1, -0.05) is 42.5 Å². The summed E-state index contributed by atoms with van der Waals surface area (Å²) in [7, 11) is 0. The molecule has 2 aromatic carbocycles. The molecule has 2 heteroatoms. The highest BCUT2D eigenvalue weighted by molar-refractivity contribution is 5.71. The summed E-state index contributed by atoms with van der Waals surface area (Å²) in [6, 6.07) is 19.7. The summed E-state index contributed by atoms with van der Waals surface area (Å²) in [5.41, 5.74) is 9.49. The SMILES string of the molecule is NC=CCC1Cc2ccccc2N1c1ccccc1. The number of anilines is 2. The predicted molar refractivity (Wildman–Crippen MR) is 80.5 cm³/mol. The van der Waals surface area contributed by atoms with Crippen LogP contribution in [0, 0.1) is 0 Å². The van der Waals surface area contributed by atoms with E-state index in [1.165, 1.54) is 16.9 Å². The van der Waals surface area contributed by atoms with Gasteiger partial charge < -0.3 is 10.6 Å². The molecule has 0 bridgehead atoms. The molecule has 0 saturated carbocycles. The van der Waals surface area contributed by atoms with Crippen molar-refractivity contribution in [2.45, 2.75) is 18.9 Å². The maximum atomic E-state index is 5.50. The third-order valence-electron chi connectivity index (χ3n) is 3.65. The lowest BCUT2D eigenvalue weighted by molar-refractivity contribution is 0.696. The average Bonchev–Trinajstić information content (AvgIpc) is 2.84. The molecule has 2 nitrogen and oxygen atoms in total. The Labute approximate surface area is 114 Å². The van der Waals surface area contributed by atoms with Crippen molar-refractivity contribution in [1.82, 2.24) is 0 Å². The van der Waals surface area contributed by atoms with Gasteiger partial charge >= 0.3 is 0 Å². The third kappa shape index (κ3) is 2.22. The van der Waals surface area contributed by atoms with E-state index in [4.69, 9.17) is 5.73 Å². The molecule has 96 valence electrons. The normalized spacial score (nSPS) is 17.9. The molecular formula is C17H18N2. The van der Waals surface area contributed by atoms with Crippen LogP contribution in [0.15, 0.2) is 66.9 Å². The molecule has 1 heterocycles. The highest BCUT2D eigenvalue weighted by Crippen LogP contribution is 2.39. The van der Waals surface area contributed by atoms with Crippen molar-refractivity contribution >= 4 is 11.4 Å². The quantitative estimate of drug-likeness (QED) is 0.901. The molecule has 1 aliphatic rings. The maximum Gasteiger partial charge on any atom is 0.0446 e. The first-order valence-corrected chi connectivity index (χ1v) is 6.69. The van der Waals surface area contributed by atoms with Crippen LogP contribution in [-0.2, 0) is 6.42 Å². The lowest BCUT2D eigenvalue weighted by Crippen LogP contribution is -2.26. The summed E-state index contributed by atoms with van der Waals surface area (Å²) in [6.07, 6.45) is 5.74. The first kappa shape index (κ1) is 11.8. The summed E-state index contributed by atoms with van der Waals surface area (Å²) in [4.78, 5) is 2.43. The average molecular weight is 250 g/mol. The molecule has 1 aliphatic heterocycles. The Kier molecular flexibility index (Phi) is 3.23. The van der Waals surface area contributed by atoms with Crippen molar-refractivity contribution in [3.8, 4) is 0 Å². The number of hydrogen-bond acceptors (Lipinski definition) is 2. The van der Waals surface area contributed by atoms with Gasteiger partial charge in [0.05, 0.1) is 0 Å². The number of para-hydroxylation sites is 2. The van der Waals surface area contributed by atoms with E-state index in [9.17, 15) is 0 Å². The molecule has 0 radical (unpaired) electrons. The van der Waals surface area contributed by atoms with Gasteiger partial charge in [-0.2, -0.15) is 0 Å². The first-order valence-electron chi connectivity index (χ1n) is 6.69. The zero-order valence-electron chi connectivity index (χ0n) is 10.9. The fourth-order valence-corrected chi connectivity index (χ4v) is 2.82. The molecule has 2 aromatic rings. The second-order valence-corrected chi connectivity index (χ2v) is 4.86. The Morgan fingerprint density at radius 2 is 1.79 bits per heavy atom. The third-order valence-corrected chi connectivity index (χ3v) is 3.65. The molecular weight excluding hydrogens is 232 g/mol. The highest BCUT2D eigenvalue weighted by atomic mass is 15.2. The zero-order chi connectivity index (χ0) is 13.1. The van der Waals surface area contributed by atoms with Gasteiger partial charge in [0.2, 0.25) is 0 Å². The smallest absolute Gasteiger partial charge is 0.0446 e. The number of fused-ring (bicyclic) bond motifs is 1. The maximum absolute atomic E-state index is 5.50. The Bertz CT molecular complexity index is 575. The summed E-state index contributed by atoms with van der Waals surface area (Å²) >= 11 is 0. The molecule has 19 heavy (non-hydrogen) atoms. The minimum atomic E-state index is 0.458. The Balaban J connectivity index is 2.00. The van der Waals surface area contributed by atoms with Gasteiger partial charge in [-0.15, -0.1) is 0 Å². The van der Waals surface area contributed by atoms with Crippen molar-refractivity contribution in [2.75, 3.05) is 4.90 Å². The van der Waals surface area contributed by atoms with Gasteiger partial charge in [-0.3, -0.25) is 0 Å². The number of rotatable bonds is 3. The van der Waals surface area contributed by atoms with E-state index >= 15 is 0 Å². The Morgan fingerprint density at radius 3 is 2.58 bits per heavy atom. The fraction of sp³-hybridized carbons (Fsp3) is 0.176. The molecule has 0 fully saturated rings. The largest absolute Gasteiger partial charge is 0.405 e. The van der Waals surface area contributed by atoms with Crippen molar-refractivity contribution in [2.24, 2.45) is 5.73 Å². The summed E-state index contributed by atoms with van der Waals surface area (Å²) in [5.74, 6) is 0. The summed E-state index contributed by atoms with van der Waals surface area (Å²) in [5, 5.41) is 0. The number of benzene rings is 2. The summed E-state index contributed by atoms with van der Waals surface area (Å²) in [6.45, 7) is 0. The van der Waals surface area contributed by atoms with Crippen LogP contribution in [0.3, 0.4) is 0 Å². The van der Waals surface area contributed by atoms with Crippen LogP contribution in [0.4, 0.5) is 11.4 Å². The van der Waals surface area contributed by atoms with Gasteiger partial charge in [0.25, 0.3) is 0 Å². The second-order valence-electron chi connectivity index (χ2n) is 4.86. The van der Waals surface area contributed by atoms with Crippen LogP contribution in [-0.4, -0.2) is 6.04 Å². The molecule has 1 atom stereocenters. The zero-order valence-corrected chi connectivity index (χ0v) is 10.9. The second kappa shape index (κ2) is 5.19. The summed E-state index contributed by atoms with van der Waals surface area (Å²) < 4.78 is 0. The first-order chi connectivity index (χ1) is 9.40. The van der Waals surface area contributed by atoms with Gasteiger partial charge in [0.15, 0.2) is 0 Å². The van der Waals surface area contributed by atoms with Gasteiger partial charge in [-0.25, -0.2) is 0 Å². The van der Waals surface area contributed by atoms with Crippen molar-refractivity contribution in [3.63, 3.8) is 0 Å². The van der Waals surface area contributed by atoms with Crippen LogP contribution < -0.4 is 10.6 Å². The van der Waals surface area contributed by atoms with Crippen molar-refractivity contribution < 1.29 is 0 Å². The molecule has 0 aromatic heterocycles. The van der Waals surface area contributed by atoms with Gasteiger partial charge in [0, 0.05) is 17.4 Å². The van der Waals surface area contributed by atoms with E-state index in [1.54, 1.807) is 6.20 Å². The van der Waals surface area contributed by atoms with Crippen LogP contribution in [0.2, 0.25) is 0 Å². The van der Waals surface area contributed by atoms with Crippen LogP contribution >= 0.6 is 0 Å². The molecule has 0 aliphatic carbocycles. The Hall–Kier alpha value is -2.22. The number of nitrogens with two attached hydrogens (primary N) is 1. The van der Waals surface area contributed by atoms with E-state index in [2.05, 4.69) is 59.5 Å². The Morgan fingerprint density at radius 1 is 1.05 bits per heavy atom. The van der Waals surface area contributed by atoms with Crippen LogP contribution in [0.1, 0.15) is 12.0 Å². The van der Waals surface area contributed by atoms with Crippen molar-refractivity contribution in [3.05, 3.63) is 72.4 Å². The lowest BCUT2D eigenvalue weighted by Gasteiger charge is -2.27. The van der Waals surface area contributed by atoms with Crippen LogP contribution in [0.25, 0.3) is 0 Å². The number of hydrogen-bond donors (Lipinski definition) is 1. The minimum Gasteiger partial charge on any atom is -0.405 e. The van der Waals surface area contributed by atoms with Gasteiger partial charge in [-0.05, 0) is 42.8 Å². The molecule has 0 saturated heterocycles. The van der Waals surface area contributed by atoms with E-state index in [-0.39, 0.29) is 0 Å². The van der Waals surface area contributed by atoms with Crippen molar-refractivity contribution in [1.29, 1.82) is 0 Å². The van der Waals surface area contributed by atoms with E-state index in [1.807, 2.05) is 6.08 Å². The topological polar surface area (TPSA) is 29.3 Å². The van der Waals surface area contributed by atoms with E-state index < -0.39 is 0 Å². The predicted octanol–water partition coefficient (Wildman–Crippen LogP) is 3.61. The standard InChI is InChI=1S/C17H18N2/c18-12-6-10-16-13-14-7-4-5-11-17(14)19(16)15-8-2-1-3-9-15/h1-9,11-12,16H,10,13,18H2. The molecule has 0 amide bonds. The molecule has 2 N–H and O–H groups in total. The van der Waals surface area contributed by atoms with E-state index in [0.29, 0.717) is 6.04 Å². The fourth-order valence-electron chi connectivity index (χ4n) is 2.82. The number of nitrogens with zero attached hydrogens (tertiary/aromatic N) is 1. The molecule has 1 unspecified atom stereocenters. The lowest BCUT2D eigenvalue weighted by atomic mass is 10.1. The molecule has 0 spiro atoms. The van der Waals surface area contributed by atoms with Gasteiger partial charge in [0.1, 0.15) is 0 Å². The highest BCUT2D eigenvalue weighted by Gasteiger charge is 2.28. The van der Waals surface area contributed by atoms with Crippen LogP contribution in [0.5, 0.6) is 0 Å². The minimum absolute atomic E-state index is 0.458. The molecule has 3 rings (SSSR count). The van der Waals surface area contributed by atoms with E-state index in [0.717, 1.165) is 12.8 Å². The monoisotopic (exact) mass is 250 g/mol.